The summed E-state index contributed by atoms with van der Waals surface area (Å²) in [6, 6.07) is 0.144. The quantitative estimate of drug-likeness (QED) is 0.318. The molecule has 11 nitrogen and oxygen atoms in total. The molecule has 1 aliphatic carbocycles. The fourth-order valence-corrected chi connectivity index (χ4v) is 4.65. The molecule has 3 fully saturated rings. The second-order valence-electron chi connectivity index (χ2n) is 8.72. The average Bonchev–Trinajstić information content (AvgIpc) is 2.77. The summed E-state index contributed by atoms with van der Waals surface area (Å²) >= 11 is 6.06. The summed E-state index contributed by atoms with van der Waals surface area (Å²) in [4.78, 5) is 35.7. The predicted octanol–water partition coefficient (Wildman–Crippen LogP) is 1.31. The minimum atomic E-state index is -1.20. The lowest BCUT2D eigenvalue weighted by atomic mass is 9.79. The summed E-state index contributed by atoms with van der Waals surface area (Å²) in [7, 11) is 0. The molecule has 3 heterocycles. The van der Waals surface area contributed by atoms with E-state index < -0.39 is 23.7 Å². The van der Waals surface area contributed by atoms with Crippen LogP contribution in [0.4, 0.5) is 20.8 Å². The van der Waals surface area contributed by atoms with Gasteiger partial charge in [-0.15, -0.1) is 0 Å². The minimum absolute atomic E-state index is 0.0225. The number of hydrogen-bond donors (Lipinski definition) is 4. The molecule has 1 aromatic rings. The summed E-state index contributed by atoms with van der Waals surface area (Å²) < 4.78 is 20.8. The van der Waals surface area contributed by atoms with Gasteiger partial charge in [0.1, 0.15) is 0 Å². The van der Waals surface area contributed by atoms with Gasteiger partial charge in [0.05, 0.1) is 25.2 Å². The van der Waals surface area contributed by atoms with E-state index in [0.717, 1.165) is 32.4 Å². The molecule has 13 heteroatoms. The smallest absolute Gasteiger partial charge is 0.404 e. The molecule has 3 aliphatic rings. The average molecular weight is 486 g/mol. The molecule has 1 saturated carbocycles. The monoisotopic (exact) mass is 485 g/mol. The number of rotatable bonds is 8. The van der Waals surface area contributed by atoms with Crippen molar-refractivity contribution >= 4 is 35.2 Å². The van der Waals surface area contributed by atoms with Crippen molar-refractivity contribution in [2.24, 2.45) is 11.8 Å². The molecule has 1 aromatic heterocycles. The first-order valence-electron chi connectivity index (χ1n) is 11.2. The Hall–Kier alpha value is -2.44. The van der Waals surface area contributed by atoms with Crippen molar-refractivity contribution in [3.63, 3.8) is 0 Å². The Bertz CT molecular complexity index is 875. The Kier molecular flexibility index (Phi) is 7.66. The van der Waals surface area contributed by atoms with Crippen molar-refractivity contribution in [2.75, 3.05) is 56.3 Å². The van der Waals surface area contributed by atoms with Gasteiger partial charge in [0, 0.05) is 32.7 Å². The SMILES string of the molecule is O=C(O)NC[C@@H](CC1CCC1)C(=O)NNc1nc(Cl)nc(N2CCN3CCOC[C@@H]3C2)c1F. The molecule has 2 atom stereocenters. The van der Waals surface area contributed by atoms with Crippen molar-refractivity contribution in [2.45, 2.75) is 31.7 Å². The fourth-order valence-electron chi connectivity index (χ4n) is 4.49. The van der Waals surface area contributed by atoms with Gasteiger partial charge < -0.3 is 20.1 Å². The third-order valence-corrected chi connectivity index (χ3v) is 6.73. The number of nitrogens with zero attached hydrogens (tertiary/aromatic N) is 4. The first-order valence-corrected chi connectivity index (χ1v) is 11.6. The molecule has 0 aromatic carbocycles. The van der Waals surface area contributed by atoms with Crippen LogP contribution >= 0.6 is 11.6 Å². The lowest BCUT2D eigenvalue weighted by molar-refractivity contribution is -0.125. The molecule has 0 unspecified atom stereocenters. The number of halogens is 2. The highest BCUT2D eigenvalue weighted by molar-refractivity contribution is 6.28. The third kappa shape index (κ3) is 5.92. The molecule has 2 amide bonds. The van der Waals surface area contributed by atoms with Crippen LogP contribution in [-0.4, -0.2) is 84.0 Å². The number of carbonyl (C=O) groups excluding carboxylic acids is 1. The van der Waals surface area contributed by atoms with Gasteiger partial charge in [0.15, 0.2) is 11.6 Å². The summed E-state index contributed by atoms with van der Waals surface area (Å²) in [5.74, 6) is -1.54. The zero-order valence-electron chi connectivity index (χ0n) is 18.2. The molecular weight excluding hydrogens is 457 g/mol. The number of anilines is 2. The number of piperazine rings is 1. The van der Waals surface area contributed by atoms with E-state index in [1.54, 1.807) is 0 Å². The van der Waals surface area contributed by atoms with Crippen LogP contribution in [0.5, 0.6) is 0 Å². The second kappa shape index (κ2) is 10.7. The second-order valence-corrected chi connectivity index (χ2v) is 9.06. The van der Waals surface area contributed by atoms with Crippen molar-refractivity contribution in [3.05, 3.63) is 11.1 Å². The maximum absolute atomic E-state index is 15.3. The Balaban J connectivity index is 1.41. The van der Waals surface area contributed by atoms with Crippen molar-refractivity contribution < 1.29 is 23.8 Å². The van der Waals surface area contributed by atoms with Crippen LogP contribution < -0.4 is 21.1 Å². The van der Waals surface area contributed by atoms with Crippen LogP contribution in [0.15, 0.2) is 0 Å². The molecule has 0 bridgehead atoms. The van der Waals surface area contributed by atoms with Crippen molar-refractivity contribution in [3.8, 4) is 0 Å². The number of carbonyl (C=O) groups is 2. The Morgan fingerprint density at radius 1 is 1.27 bits per heavy atom. The molecule has 33 heavy (non-hydrogen) atoms. The summed E-state index contributed by atoms with van der Waals surface area (Å²) in [5, 5.41) is 11.0. The van der Waals surface area contributed by atoms with Crippen LogP contribution in [0.25, 0.3) is 0 Å². The summed E-state index contributed by atoms with van der Waals surface area (Å²) in [6.45, 7) is 3.98. The van der Waals surface area contributed by atoms with Crippen LogP contribution in [-0.2, 0) is 9.53 Å². The molecule has 4 rings (SSSR count). The van der Waals surface area contributed by atoms with E-state index in [1.165, 1.54) is 0 Å². The topological polar surface area (TPSA) is 132 Å². The lowest BCUT2D eigenvalue weighted by Gasteiger charge is -2.44. The number of hydrogen-bond acceptors (Lipinski definition) is 8. The highest BCUT2D eigenvalue weighted by atomic mass is 35.5. The molecule has 2 saturated heterocycles. The summed E-state index contributed by atoms with van der Waals surface area (Å²) in [5.41, 5.74) is 4.98. The number of nitrogens with one attached hydrogen (secondary N) is 3. The van der Waals surface area contributed by atoms with Gasteiger partial charge in [0.25, 0.3) is 0 Å². The van der Waals surface area contributed by atoms with E-state index in [2.05, 4.69) is 31.0 Å². The number of ether oxygens (including phenoxy) is 1. The third-order valence-electron chi connectivity index (χ3n) is 6.56. The maximum atomic E-state index is 15.3. The van der Waals surface area contributed by atoms with E-state index >= 15 is 4.39 Å². The zero-order valence-corrected chi connectivity index (χ0v) is 19.0. The molecule has 0 radical (unpaired) electrons. The van der Waals surface area contributed by atoms with E-state index in [4.69, 9.17) is 21.4 Å². The van der Waals surface area contributed by atoms with Gasteiger partial charge in [-0.1, -0.05) is 19.3 Å². The van der Waals surface area contributed by atoms with E-state index in [1.807, 2.05) is 4.90 Å². The lowest BCUT2D eigenvalue weighted by Crippen LogP contribution is -2.58. The zero-order chi connectivity index (χ0) is 23.4. The predicted molar refractivity (Wildman–Crippen MR) is 119 cm³/mol. The molecule has 4 N–H and O–H groups in total. The van der Waals surface area contributed by atoms with E-state index in [9.17, 15) is 9.59 Å². The largest absolute Gasteiger partial charge is 0.465 e. The van der Waals surface area contributed by atoms with Gasteiger partial charge in [-0.25, -0.2) is 4.79 Å². The molecule has 2 aliphatic heterocycles. The van der Waals surface area contributed by atoms with Gasteiger partial charge in [0.2, 0.25) is 17.0 Å². The Labute approximate surface area is 196 Å². The van der Waals surface area contributed by atoms with E-state index in [0.29, 0.717) is 38.6 Å². The number of hydrazine groups is 1. The number of amides is 2. The number of fused-ring (bicyclic) bond motifs is 1. The molecular formula is C20H29ClFN7O4. The fraction of sp³-hybridized carbons (Fsp3) is 0.700. The normalized spacial score (nSPS) is 22.1. The molecule has 182 valence electrons. The van der Waals surface area contributed by atoms with Gasteiger partial charge in [-0.3, -0.25) is 20.5 Å². The van der Waals surface area contributed by atoms with Crippen molar-refractivity contribution in [1.82, 2.24) is 25.6 Å². The Morgan fingerprint density at radius 3 is 2.82 bits per heavy atom. The Morgan fingerprint density at radius 2 is 2.09 bits per heavy atom. The number of carboxylic acid groups (broad SMARTS) is 1. The number of aromatic nitrogens is 2. The van der Waals surface area contributed by atoms with Crippen LogP contribution in [0.3, 0.4) is 0 Å². The first kappa shape index (κ1) is 23.7. The highest BCUT2D eigenvalue weighted by Gasteiger charge is 2.32. The van der Waals surface area contributed by atoms with Gasteiger partial charge in [-0.05, 0) is 23.9 Å². The van der Waals surface area contributed by atoms with Crippen LogP contribution in [0.2, 0.25) is 5.28 Å². The standard InChI is InChI=1S/C20H29ClFN7O4/c21-19-24-16(26-27-18(30)13(9-23-20(31)32)8-12-2-1-3-12)15(22)17(25-19)29-5-4-28-6-7-33-11-14(28)10-29/h12-14,23H,1-11H2,(H,27,30)(H,31,32)(H,24,25,26)/t13-,14+/m1/s1. The molecule has 0 spiro atoms. The van der Waals surface area contributed by atoms with Crippen LogP contribution in [0, 0.1) is 17.7 Å². The van der Waals surface area contributed by atoms with Gasteiger partial charge >= 0.3 is 6.09 Å². The first-order chi connectivity index (χ1) is 15.9. The summed E-state index contributed by atoms with van der Waals surface area (Å²) in [6.07, 6.45) is 2.50. The number of morpholine rings is 1. The van der Waals surface area contributed by atoms with Crippen LogP contribution in [0.1, 0.15) is 25.7 Å². The minimum Gasteiger partial charge on any atom is -0.465 e. The van der Waals surface area contributed by atoms with Crippen molar-refractivity contribution in [1.29, 1.82) is 0 Å². The van der Waals surface area contributed by atoms with Gasteiger partial charge in [-0.2, -0.15) is 14.4 Å². The van der Waals surface area contributed by atoms with E-state index in [-0.39, 0.29) is 29.5 Å². The maximum Gasteiger partial charge on any atom is 0.404 e. The highest BCUT2D eigenvalue weighted by Crippen LogP contribution is 2.32.